The standard InChI is InChI=1S/C33H40N4O7S/c1-6-18-14(2)23(36-32(18)42)10-21-16(4)20(9-27(38)33(43)44)25(35-21)12-24-19(7-8-29(39)40)15(3)22(34-24)11-26-30(28-13-45-28)17(5)31(41)37-26/h6,11,17,23,27-28,30,34-35,38H,1,7-10,12-13H2,2-5H3,(H,36,42)(H,37,41)(H,39,40)(H,43,44)/p+1/b26-11-/t17-,23-,27?,28-,30-/m1/s1. The summed E-state index contributed by atoms with van der Waals surface area (Å²) in [7, 11) is 0. The molecule has 2 saturated heterocycles. The number of rotatable bonds is 13. The van der Waals surface area contributed by atoms with Gasteiger partial charge in [-0.25, -0.2) is 4.79 Å². The van der Waals surface area contributed by atoms with Crippen LogP contribution in [0.4, 0.5) is 0 Å². The fourth-order valence-corrected chi connectivity index (χ4v) is 7.69. The topological polar surface area (TPSA) is 185 Å². The summed E-state index contributed by atoms with van der Waals surface area (Å²) in [4.78, 5) is 55.2. The molecule has 5 rings (SSSR count). The summed E-state index contributed by atoms with van der Waals surface area (Å²) in [5, 5.41) is 35.8. The van der Waals surface area contributed by atoms with Crippen molar-refractivity contribution in [3.05, 3.63) is 74.5 Å². The lowest BCUT2D eigenvalue weighted by Crippen LogP contribution is -2.30. The Hall–Kier alpha value is -4.03. The first-order valence-electron chi connectivity index (χ1n) is 15.2. The lowest BCUT2D eigenvalue weighted by molar-refractivity contribution is -0.146. The van der Waals surface area contributed by atoms with Crippen molar-refractivity contribution in [2.45, 2.75) is 77.2 Å². The van der Waals surface area contributed by atoms with Crippen LogP contribution in [0.25, 0.3) is 6.08 Å². The zero-order valence-corrected chi connectivity index (χ0v) is 26.8. The molecule has 11 nitrogen and oxygen atoms in total. The largest absolute Gasteiger partial charge is 0.481 e. The summed E-state index contributed by atoms with van der Waals surface area (Å²) in [6.45, 7) is 11.4. The minimum atomic E-state index is -1.62. The summed E-state index contributed by atoms with van der Waals surface area (Å²) in [5.74, 6) is -1.38. The Labute approximate surface area is 265 Å². The molecular formula is C33H41N4O7S+. The third-order valence-corrected chi connectivity index (χ3v) is 10.6. The van der Waals surface area contributed by atoms with E-state index in [1.54, 1.807) is 0 Å². The molecule has 2 fully saturated rings. The van der Waals surface area contributed by atoms with Gasteiger partial charge in [0.2, 0.25) is 5.91 Å². The zero-order chi connectivity index (χ0) is 32.7. The second-order valence-electron chi connectivity index (χ2n) is 12.3. The van der Waals surface area contributed by atoms with E-state index in [-0.39, 0.29) is 49.0 Å². The van der Waals surface area contributed by atoms with E-state index in [0.717, 1.165) is 50.8 Å². The van der Waals surface area contributed by atoms with Crippen LogP contribution in [0.2, 0.25) is 0 Å². The lowest BCUT2D eigenvalue weighted by atomic mass is 9.91. The predicted molar refractivity (Wildman–Crippen MR) is 172 cm³/mol. The van der Waals surface area contributed by atoms with Gasteiger partial charge in [-0.1, -0.05) is 19.6 Å². The second-order valence-corrected chi connectivity index (χ2v) is 13.7. The Morgan fingerprint density at radius 1 is 1.07 bits per heavy atom. The minimum absolute atomic E-state index is 0.00338. The first kappa shape index (κ1) is 32.4. The fraction of sp³-hybridized carbons (Fsp3) is 0.455. The Balaban J connectivity index is 1.53. The third kappa shape index (κ3) is 6.53. The first-order chi connectivity index (χ1) is 21.3. The molecule has 0 radical (unpaired) electrons. The van der Waals surface area contributed by atoms with Crippen molar-refractivity contribution in [1.29, 1.82) is 0 Å². The van der Waals surface area contributed by atoms with E-state index < -0.39 is 18.0 Å². The molecule has 2 aromatic heterocycles. The average Bonchev–Trinajstić information content (AvgIpc) is 3.56. The molecule has 12 heteroatoms. The molecule has 45 heavy (non-hydrogen) atoms. The van der Waals surface area contributed by atoms with Crippen LogP contribution in [0.5, 0.6) is 0 Å². The number of aliphatic carboxylic acids is 2. The molecule has 3 aliphatic heterocycles. The maximum atomic E-state index is 12.6. The van der Waals surface area contributed by atoms with Crippen LogP contribution in [0.15, 0.2) is 29.5 Å². The second kappa shape index (κ2) is 12.8. The normalized spacial score (nSPS) is 24.2. The molecule has 0 aromatic carbocycles. The summed E-state index contributed by atoms with van der Waals surface area (Å²) in [6.07, 6.45) is 2.72. The van der Waals surface area contributed by atoms with Crippen molar-refractivity contribution in [3.63, 3.8) is 0 Å². The van der Waals surface area contributed by atoms with Gasteiger partial charge in [0.25, 0.3) is 5.91 Å². The van der Waals surface area contributed by atoms with Gasteiger partial charge in [0, 0.05) is 65.6 Å². The molecule has 0 bridgehead atoms. The molecular weight excluding hydrogens is 596 g/mol. The number of carboxylic acids is 2. The Morgan fingerprint density at radius 2 is 1.76 bits per heavy atom. The van der Waals surface area contributed by atoms with Crippen molar-refractivity contribution < 1.29 is 34.5 Å². The Bertz CT molecular complexity index is 1640. The van der Waals surface area contributed by atoms with E-state index >= 15 is 0 Å². The number of nitrogens with one attached hydrogen (secondary N) is 4. The number of hydrogen-bond donors (Lipinski definition) is 7. The lowest BCUT2D eigenvalue weighted by Gasteiger charge is -2.12. The summed E-state index contributed by atoms with van der Waals surface area (Å²) < 4.78 is 0. The highest BCUT2D eigenvalue weighted by Gasteiger charge is 2.52. The molecule has 3 aliphatic rings. The number of aromatic nitrogens is 2. The summed E-state index contributed by atoms with van der Waals surface area (Å²) in [6, 6.07) is -0.271. The summed E-state index contributed by atoms with van der Waals surface area (Å²) >= 11 is 1.34. The molecule has 0 saturated carbocycles. The van der Waals surface area contributed by atoms with Crippen LogP contribution in [0, 0.1) is 25.7 Å². The van der Waals surface area contributed by atoms with Gasteiger partial charge in [-0.15, -0.1) is 0 Å². The van der Waals surface area contributed by atoms with Gasteiger partial charge >= 0.3 is 11.9 Å². The van der Waals surface area contributed by atoms with E-state index in [1.165, 1.54) is 17.8 Å². The molecule has 5 heterocycles. The highest BCUT2D eigenvalue weighted by Crippen LogP contribution is 2.38. The molecule has 7 N–H and O–H groups in total. The molecule has 5 atom stereocenters. The number of aliphatic hydroxyl groups excluding tert-OH is 1. The predicted octanol–water partition coefficient (Wildman–Crippen LogP) is 2.02. The molecule has 2 amide bonds. The quantitative estimate of drug-likeness (QED) is 0.0995. The highest BCUT2D eigenvalue weighted by molar-refractivity contribution is 7.86. The van der Waals surface area contributed by atoms with Gasteiger partial charge in [-0.05, 0) is 72.9 Å². The number of aromatic amines is 2. The number of carbonyl (C=O) groups excluding carboxylic acids is 2. The number of aliphatic hydroxyl groups is 1. The summed E-state index contributed by atoms with van der Waals surface area (Å²) in [5.41, 5.74) is 8.54. The van der Waals surface area contributed by atoms with Crippen molar-refractivity contribution >= 4 is 41.6 Å². The number of carbonyl (C=O) groups is 4. The van der Waals surface area contributed by atoms with E-state index in [2.05, 4.69) is 27.2 Å². The number of thiol groups is 1. The molecule has 2 aromatic rings. The Kier molecular flexibility index (Phi) is 9.18. The molecule has 0 spiro atoms. The van der Waals surface area contributed by atoms with Crippen molar-refractivity contribution in [1.82, 2.24) is 20.6 Å². The molecule has 0 aliphatic carbocycles. The number of carboxylic acid groups (broad SMARTS) is 2. The maximum absolute atomic E-state index is 12.6. The smallest absolute Gasteiger partial charge is 0.332 e. The van der Waals surface area contributed by atoms with Crippen LogP contribution in [-0.2, 0) is 56.6 Å². The number of amides is 2. The number of allylic oxidation sites excluding steroid dienone is 1. The van der Waals surface area contributed by atoms with Crippen LogP contribution < -0.4 is 10.6 Å². The average molecular weight is 638 g/mol. The van der Waals surface area contributed by atoms with E-state index in [0.29, 0.717) is 34.9 Å². The van der Waals surface area contributed by atoms with Gasteiger partial charge < -0.3 is 35.9 Å². The SMILES string of the molecule is C=CC1=C(C)[C@@H](Cc2[nH]c(Cc3[nH]c(/C=C4\NC(=O)[C@H](C)[C@H]4[C@H]4C[SH+]4)c(C)c3CCC(=O)O)c(CC(O)C(=O)O)c2C)NC1=O. The van der Waals surface area contributed by atoms with Crippen molar-refractivity contribution in [3.8, 4) is 0 Å². The van der Waals surface area contributed by atoms with Gasteiger partial charge in [-0.2, -0.15) is 0 Å². The van der Waals surface area contributed by atoms with Crippen molar-refractivity contribution in [2.24, 2.45) is 11.8 Å². The van der Waals surface area contributed by atoms with Crippen LogP contribution >= 0.6 is 0 Å². The van der Waals surface area contributed by atoms with Crippen LogP contribution in [-0.4, -0.2) is 72.2 Å². The van der Waals surface area contributed by atoms with Crippen molar-refractivity contribution in [2.75, 3.05) is 5.75 Å². The van der Waals surface area contributed by atoms with E-state index in [4.69, 9.17) is 0 Å². The Morgan fingerprint density at radius 3 is 2.36 bits per heavy atom. The van der Waals surface area contributed by atoms with Gasteiger partial charge in [0.15, 0.2) is 17.1 Å². The number of hydrogen-bond acceptors (Lipinski definition) is 5. The van der Waals surface area contributed by atoms with E-state index in [1.807, 2.05) is 33.8 Å². The van der Waals surface area contributed by atoms with Gasteiger partial charge in [-0.3, -0.25) is 14.4 Å². The highest BCUT2D eigenvalue weighted by atomic mass is 32.2. The monoisotopic (exact) mass is 637 g/mol. The maximum Gasteiger partial charge on any atom is 0.332 e. The first-order valence-corrected chi connectivity index (χ1v) is 16.3. The van der Waals surface area contributed by atoms with Crippen LogP contribution in [0.3, 0.4) is 0 Å². The zero-order valence-electron chi connectivity index (χ0n) is 25.9. The minimum Gasteiger partial charge on any atom is -0.481 e. The third-order valence-electron chi connectivity index (χ3n) is 9.50. The van der Waals surface area contributed by atoms with Gasteiger partial charge in [0.05, 0.1) is 12.0 Å². The van der Waals surface area contributed by atoms with Crippen LogP contribution in [0.1, 0.15) is 65.3 Å². The van der Waals surface area contributed by atoms with E-state index in [9.17, 15) is 34.5 Å². The molecule has 240 valence electrons. The molecule has 1 unspecified atom stereocenters. The van der Waals surface area contributed by atoms with Gasteiger partial charge in [0.1, 0.15) is 0 Å². The fourth-order valence-electron chi connectivity index (χ4n) is 6.70. The number of H-pyrrole nitrogens is 2.